The van der Waals surface area contributed by atoms with Crippen LogP contribution in [-0.4, -0.2) is 53.3 Å². The van der Waals surface area contributed by atoms with Gasteiger partial charge in [-0.1, -0.05) is 11.6 Å². The number of nitrogens with zero attached hydrogens (tertiary/aromatic N) is 2. The third-order valence-corrected chi connectivity index (χ3v) is 3.90. The van der Waals surface area contributed by atoms with Crippen LogP contribution in [0.3, 0.4) is 0 Å². The molecule has 0 spiro atoms. The average Bonchev–Trinajstić information content (AvgIpc) is 2.55. The van der Waals surface area contributed by atoms with E-state index in [-0.39, 0.29) is 23.0 Å². The van der Waals surface area contributed by atoms with E-state index >= 15 is 0 Å². The Morgan fingerprint density at radius 2 is 2.10 bits per heavy atom. The van der Waals surface area contributed by atoms with Gasteiger partial charge in [-0.3, -0.25) is 14.5 Å². The molecule has 5 nitrogen and oxygen atoms in total. The Morgan fingerprint density at radius 1 is 1.38 bits per heavy atom. The minimum atomic E-state index is -0.233. The van der Waals surface area contributed by atoms with Crippen LogP contribution in [0.5, 0.6) is 5.75 Å². The lowest BCUT2D eigenvalue weighted by atomic mass is 10.1. The maximum atomic E-state index is 11.9. The number of hydrogen-bond acceptors (Lipinski definition) is 4. The molecule has 0 unspecified atom stereocenters. The van der Waals surface area contributed by atoms with Crippen molar-refractivity contribution in [1.29, 1.82) is 0 Å². The van der Waals surface area contributed by atoms with E-state index in [4.69, 9.17) is 11.6 Å². The summed E-state index contributed by atoms with van der Waals surface area (Å²) >= 11 is 6.01. The van der Waals surface area contributed by atoms with Crippen molar-refractivity contribution in [2.75, 3.05) is 26.7 Å². The topological polar surface area (TPSA) is 60.9 Å². The first kappa shape index (κ1) is 15.8. The van der Waals surface area contributed by atoms with Crippen molar-refractivity contribution in [3.05, 3.63) is 28.3 Å². The summed E-state index contributed by atoms with van der Waals surface area (Å²) in [5.41, 5.74) is 0.792. The Labute approximate surface area is 129 Å². The predicted molar refractivity (Wildman–Crippen MR) is 80.7 cm³/mol. The second kappa shape index (κ2) is 6.45. The molecule has 2 rings (SSSR count). The maximum Gasteiger partial charge on any atom is 0.236 e. The molecule has 1 saturated heterocycles. The largest absolute Gasteiger partial charge is 0.507 e. The van der Waals surface area contributed by atoms with Crippen molar-refractivity contribution in [3.63, 3.8) is 0 Å². The van der Waals surface area contributed by atoms with Gasteiger partial charge in [0.1, 0.15) is 5.75 Å². The van der Waals surface area contributed by atoms with Gasteiger partial charge < -0.3 is 10.0 Å². The highest BCUT2D eigenvalue weighted by molar-refractivity contribution is 6.31. The summed E-state index contributed by atoms with van der Waals surface area (Å²) in [5, 5.41) is 10.6. The lowest BCUT2D eigenvalue weighted by Gasteiger charge is -2.20. The molecule has 1 aromatic carbocycles. The van der Waals surface area contributed by atoms with Gasteiger partial charge in [0, 0.05) is 37.3 Å². The van der Waals surface area contributed by atoms with Gasteiger partial charge in [0.05, 0.1) is 12.1 Å². The number of ketones is 1. The first-order valence-corrected chi connectivity index (χ1v) is 7.25. The summed E-state index contributed by atoms with van der Waals surface area (Å²) < 4.78 is 0. The molecule has 1 heterocycles. The molecule has 1 fully saturated rings. The SMILES string of the molecule is CC(=O)c1cc(Cl)cc(CN2CCCN(C)C(=O)C2)c1O. The fourth-order valence-electron chi connectivity index (χ4n) is 2.47. The quantitative estimate of drug-likeness (QED) is 0.866. The number of phenols is 1. The number of carbonyl (C=O) groups excluding carboxylic acids is 2. The number of Topliss-reactive ketones (excluding diaryl/α,β-unsaturated/α-hetero) is 1. The molecule has 1 amide bonds. The number of phenolic OH excluding ortho intramolecular Hbond substituents is 1. The molecule has 0 aromatic heterocycles. The number of hydrogen-bond donors (Lipinski definition) is 1. The molecule has 1 aliphatic heterocycles. The zero-order chi connectivity index (χ0) is 15.6. The van der Waals surface area contributed by atoms with Gasteiger partial charge in [0.15, 0.2) is 5.78 Å². The van der Waals surface area contributed by atoms with Gasteiger partial charge in [-0.15, -0.1) is 0 Å². The van der Waals surface area contributed by atoms with Gasteiger partial charge >= 0.3 is 0 Å². The van der Waals surface area contributed by atoms with Crippen molar-refractivity contribution in [2.45, 2.75) is 19.9 Å². The summed E-state index contributed by atoms with van der Waals surface area (Å²) in [4.78, 5) is 27.1. The van der Waals surface area contributed by atoms with Crippen LogP contribution in [0.25, 0.3) is 0 Å². The van der Waals surface area contributed by atoms with Crippen LogP contribution in [0.15, 0.2) is 12.1 Å². The number of likely N-dealkylation sites (N-methyl/N-ethyl adjacent to an activating group) is 1. The molecule has 6 heteroatoms. The zero-order valence-electron chi connectivity index (χ0n) is 12.2. The fraction of sp³-hybridized carbons (Fsp3) is 0.467. The molecule has 0 atom stereocenters. The fourth-order valence-corrected chi connectivity index (χ4v) is 2.71. The van der Waals surface area contributed by atoms with E-state index in [0.717, 1.165) is 19.5 Å². The molecule has 0 saturated carbocycles. The van der Waals surface area contributed by atoms with Gasteiger partial charge in [0.2, 0.25) is 5.91 Å². The van der Waals surface area contributed by atoms with E-state index in [2.05, 4.69) is 0 Å². The molecule has 1 N–H and O–H groups in total. The van der Waals surface area contributed by atoms with E-state index < -0.39 is 0 Å². The van der Waals surface area contributed by atoms with E-state index in [1.54, 1.807) is 18.0 Å². The average molecular weight is 311 g/mol. The molecule has 1 aliphatic rings. The summed E-state index contributed by atoms with van der Waals surface area (Å²) in [7, 11) is 1.79. The standard InChI is InChI=1S/C15H19ClN2O3/c1-10(19)13-7-12(16)6-11(15(13)21)8-18-5-3-4-17(2)14(20)9-18/h6-7,21H,3-5,8-9H2,1-2H3. The highest BCUT2D eigenvalue weighted by atomic mass is 35.5. The van der Waals surface area contributed by atoms with Crippen LogP contribution in [-0.2, 0) is 11.3 Å². The van der Waals surface area contributed by atoms with Crippen molar-refractivity contribution in [1.82, 2.24) is 9.80 Å². The van der Waals surface area contributed by atoms with E-state index in [9.17, 15) is 14.7 Å². The van der Waals surface area contributed by atoms with Crippen LogP contribution in [0.1, 0.15) is 29.3 Å². The van der Waals surface area contributed by atoms with Crippen molar-refractivity contribution in [2.24, 2.45) is 0 Å². The maximum absolute atomic E-state index is 11.9. The number of rotatable bonds is 3. The molecule has 0 radical (unpaired) electrons. The van der Waals surface area contributed by atoms with Gasteiger partial charge in [-0.2, -0.15) is 0 Å². The number of aromatic hydroxyl groups is 1. The van der Waals surface area contributed by atoms with Crippen LogP contribution >= 0.6 is 11.6 Å². The number of halogens is 1. The summed E-state index contributed by atoms with van der Waals surface area (Å²) in [6, 6.07) is 3.10. The molecule has 21 heavy (non-hydrogen) atoms. The summed E-state index contributed by atoms with van der Waals surface area (Å²) in [6.07, 6.45) is 0.878. The Morgan fingerprint density at radius 3 is 2.76 bits per heavy atom. The smallest absolute Gasteiger partial charge is 0.236 e. The number of benzene rings is 1. The van der Waals surface area contributed by atoms with E-state index in [1.165, 1.54) is 13.0 Å². The molecule has 0 bridgehead atoms. The van der Waals surface area contributed by atoms with Crippen LogP contribution in [0, 0.1) is 0 Å². The van der Waals surface area contributed by atoms with Crippen molar-refractivity contribution >= 4 is 23.3 Å². The Balaban J connectivity index is 2.23. The molecular weight excluding hydrogens is 292 g/mol. The Bertz CT molecular complexity index is 574. The molecule has 1 aromatic rings. The third kappa shape index (κ3) is 3.74. The van der Waals surface area contributed by atoms with E-state index in [1.807, 2.05) is 4.90 Å². The van der Waals surface area contributed by atoms with Crippen LogP contribution in [0.4, 0.5) is 0 Å². The highest BCUT2D eigenvalue weighted by Gasteiger charge is 2.21. The monoisotopic (exact) mass is 310 g/mol. The van der Waals surface area contributed by atoms with Gasteiger partial charge in [0.25, 0.3) is 0 Å². The first-order chi connectivity index (χ1) is 9.88. The molecular formula is C15H19ClN2O3. The van der Waals surface area contributed by atoms with Crippen LogP contribution < -0.4 is 0 Å². The number of carbonyl (C=O) groups is 2. The van der Waals surface area contributed by atoms with Gasteiger partial charge in [-0.25, -0.2) is 0 Å². The highest BCUT2D eigenvalue weighted by Crippen LogP contribution is 2.29. The van der Waals surface area contributed by atoms with Gasteiger partial charge in [-0.05, 0) is 25.5 Å². The molecule has 0 aliphatic carbocycles. The Kier molecular flexibility index (Phi) is 4.85. The summed E-state index contributed by atoms with van der Waals surface area (Å²) in [6.45, 7) is 3.58. The normalized spacial score (nSPS) is 16.9. The lowest BCUT2D eigenvalue weighted by Crippen LogP contribution is -2.34. The van der Waals surface area contributed by atoms with Crippen LogP contribution in [0.2, 0.25) is 5.02 Å². The minimum Gasteiger partial charge on any atom is -0.507 e. The van der Waals surface area contributed by atoms with E-state index in [0.29, 0.717) is 23.7 Å². The second-order valence-electron chi connectivity index (χ2n) is 5.40. The predicted octanol–water partition coefficient (Wildman–Crippen LogP) is 1.91. The first-order valence-electron chi connectivity index (χ1n) is 6.87. The third-order valence-electron chi connectivity index (χ3n) is 3.68. The second-order valence-corrected chi connectivity index (χ2v) is 5.83. The van der Waals surface area contributed by atoms with Crippen molar-refractivity contribution < 1.29 is 14.7 Å². The summed E-state index contributed by atoms with van der Waals surface area (Å²) in [5.74, 6) is -0.222. The zero-order valence-corrected chi connectivity index (χ0v) is 13.0. The lowest BCUT2D eigenvalue weighted by molar-refractivity contribution is -0.130. The van der Waals surface area contributed by atoms with Crippen molar-refractivity contribution in [3.8, 4) is 5.75 Å². The molecule has 114 valence electrons. The number of amides is 1. The minimum absolute atomic E-state index is 0.0445. The Hall–Kier alpha value is -1.59.